The van der Waals surface area contributed by atoms with Crippen molar-refractivity contribution in [3.8, 4) is 0 Å². The zero-order chi connectivity index (χ0) is 10.8. The maximum Gasteiger partial charge on any atom is 0.0280 e. The quantitative estimate of drug-likeness (QED) is 0.570. The van der Waals surface area contributed by atoms with E-state index in [1.165, 1.54) is 12.8 Å². The Morgan fingerprint density at radius 2 is 1.07 bits per heavy atom. The van der Waals surface area contributed by atoms with Gasteiger partial charge in [0.15, 0.2) is 0 Å². The van der Waals surface area contributed by atoms with Crippen LogP contribution < -0.4 is 0 Å². The molecule has 0 aliphatic rings. The van der Waals surface area contributed by atoms with Crippen molar-refractivity contribution in [3.63, 3.8) is 0 Å². The molecule has 0 saturated carbocycles. The largest absolute Gasteiger partial charge is 0.219 e. The van der Waals surface area contributed by atoms with Crippen LogP contribution in [-0.2, 0) is 0 Å². The first-order chi connectivity index (χ1) is 6.70. The van der Waals surface area contributed by atoms with Crippen LogP contribution in [-0.4, -0.2) is 35.0 Å². The molecule has 0 heterocycles. The van der Waals surface area contributed by atoms with E-state index in [1.54, 1.807) is 0 Å². The molecule has 0 bridgehead atoms. The fourth-order valence-electron chi connectivity index (χ4n) is 1.10. The average Bonchev–Trinajstić information content (AvgIpc) is 2.20. The minimum atomic E-state index is 0.842. The Kier molecular flexibility index (Phi) is 10.4. The molecule has 0 fully saturated rings. The van der Waals surface area contributed by atoms with E-state index >= 15 is 0 Å². The van der Waals surface area contributed by atoms with Crippen LogP contribution in [0.2, 0.25) is 0 Å². The van der Waals surface area contributed by atoms with Crippen LogP contribution in [0.5, 0.6) is 0 Å². The van der Waals surface area contributed by atoms with Gasteiger partial charge in [-0.3, -0.25) is 0 Å². The first-order valence-corrected chi connectivity index (χ1v) is 6.19. The van der Waals surface area contributed by atoms with Gasteiger partial charge in [0.05, 0.1) is 0 Å². The molecule has 4 heteroatoms. The normalized spacial score (nSPS) is 11.6. The molecule has 14 heavy (non-hydrogen) atoms. The van der Waals surface area contributed by atoms with Gasteiger partial charge in [-0.15, -0.1) is 0 Å². The summed E-state index contributed by atoms with van der Waals surface area (Å²) in [6, 6.07) is 0. The first kappa shape index (κ1) is 14.5. The molecule has 0 aromatic carbocycles. The van der Waals surface area contributed by atoms with E-state index in [2.05, 4.69) is 13.8 Å². The molecule has 0 aromatic rings. The molecule has 2 nitrogen and oxygen atoms in total. The van der Waals surface area contributed by atoms with E-state index in [9.17, 15) is 0 Å². The number of rotatable bonds is 9. The summed E-state index contributed by atoms with van der Waals surface area (Å²) in [4.78, 5) is 0. The van der Waals surface area contributed by atoms with Crippen molar-refractivity contribution in [2.75, 3.05) is 26.2 Å². The minimum Gasteiger partial charge on any atom is -0.219 e. The van der Waals surface area contributed by atoms with Gasteiger partial charge in [-0.1, -0.05) is 26.7 Å². The van der Waals surface area contributed by atoms with Gasteiger partial charge >= 0.3 is 0 Å². The van der Waals surface area contributed by atoms with Crippen molar-refractivity contribution in [2.24, 2.45) is 0 Å². The van der Waals surface area contributed by atoms with Crippen molar-refractivity contribution >= 4 is 23.6 Å². The van der Waals surface area contributed by atoms with Crippen LogP contribution in [0.4, 0.5) is 0 Å². The highest BCUT2D eigenvalue weighted by Gasteiger charge is 2.04. The SMILES string of the molecule is CCCCN(Cl)CCN(Cl)CCCC. The van der Waals surface area contributed by atoms with Gasteiger partial charge in [-0.05, 0) is 36.4 Å². The molecule has 0 atom stereocenters. The van der Waals surface area contributed by atoms with Gasteiger partial charge in [0.25, 0.3) is 0 Å². The van der Waals surface area contributed by atoms with Gasteiger partial charge in [-0.2, -0.15) is 0 Å². The second-order valence-corrected chi connectivity index (χ2v) is 4.48. The van der Waals surface area contributed by atoms with Gasteiger partial charge in [0, 0.05) is 26.2 Å². The lowest BCUT2D eigenvalue weighted by Crippen LogP contribution is -2.26. The van der Waals surface area contributed by atoms with Crippen LogP contribution in [0.15, 0.2) is 0 Å². The van der Waals surface area contributed by atoms with E-state index in [4.69, 9.17) is 23.6 Å². The Hall–Kier alpha value is 0.500. The number of halogens is 2. The maximum absolute atomic E-state index is 5.99. The van der Waals surface area contributed by atoms with Crippen LogP contribution in [0.1, 0.15) is 39.5 Å². The third kappa shape index (κ3) is 9.07. The van der Waals surface area contributed by atoms with Gasteiger partial charge in [0.2, 0.25) is 0 Å². The van der Waals surface area contributed by atoms with Crippen molar-refractivity contribution in [1.82, 2.24) is 8.84 Å². The minimum absolute atomic E-state index is 0.842. The van der Waals surface area contributed by atoms with Crippen LogP contribution >= 0.6 is 23.6 Å². The summed E-state index contributed by atoms with van der Waals surface area (Å²) in [7, 11) is 0. The van der Waals surface area contributed by atoms with E-state index in [-0.39, 0.29) is 0 Å². The third-order valence-corrected chi connectivity index (χ3v) is 2.77. The van der Waals surface area contributed by atoms with E-state index in [1.807, 2.05) is 8.84 Å². The Labute approximate surface area is 98.4 Å². The Balaban J connectivity index is 3.31. The average molecular weight is 241 g/mol. The lowest BCUT2D eigenvalue weighted by molar-refractivity contribution is 0.364. The highest BCUT2D eigenvalue weighted by Crippen LogP contribution is 2.02. The topological polar surface area (TPSA) is 6.48 Å². The summed E-state index contributed by atoms with van der Waals surface area (Å²) in [5.74, 6) is 0. The number of unbranched alkanes of at least 4 members (excludes halogenated alkanes) is 2. The number of hydrogen-bond donors (Lipinski definition) is 0. The molecule has 0 unspecified atom stereocenters. The summed E-state index contributed by atoms with van der Waals surface area (Å²) in [6.07, 6.45) is 4.68. The zero-order valence-corrected chi connectivity index (χ0v) is 10.8. The maximum atomic E-state index is 5.99. The summed E-state index contributed by atoms with van der Waals surface area (Å²) < 4.78 is 3.65. The summed E-state index contributed by atoms with van der Waals surface area (Å²) >= 11 is 12.0. The van der Waals surface area contributed by atoms with Crippen LogP contribution in [0.25, 0.3) is 0 Å². The fraction of sp³-hybridized carbons (Fsp3) is 1.00. The van der Waals surface area contributed by atoms with E-state index < -0.39 is 0 Å². The molecule has 0 aromatic heterocycles. The van der Waals surface area contributed by atoms with Gasteiger partial charge in [-0.25, -0.2) is 8.84 Å². The lowest BCUT2D eigenvalue weighted by atomic mass is 10.3. The van der Waals surface area contributed by atoms with Crippen molar-refractivity contribution in [1.29, 1.82) is 0 Å². The molecule has 0 aliphatic heterocycles. The van der Waals surface area contributed by atoms with E-state index in [0.717, 1.165) is 39.0 Å². The summed E-state index contributed by atoms with van der Waals surface area (Å²) in [6.45, 7) is 7.93. The van der Waals surface area contributed by atoms with Gasteiger partial charge in [0.1, 0.15) is 0 Å². The predicted molar refractivity (Wildman–Crippen MR) is 64.7 cm³/mol. The number of nitrogens with zero attached hydrogens (tertiary/aromatic N) is 2. The van der Waals surface area contributed by atoms with E-state index in [0.29, 0.717) is 0 Å². The van der Waals surface area contributed by atoms with Crippen LogP contribution in [0, 0.1) is 0 Å². The lowest BCUT2D eigenvalue weighted by Gasteiger charge is -2.17. The molecule has 0 spiro atoms. The van der Waals surface area contributed by atoms with Gasteiger partial charge < -0.3 is 0 Å². The molecular weight excluding hydrogens is 219 g/mol. The fourth-order valence-corrected chi connectivity index (χ4v) is 1.49. The Morgan fingerprint density at radius 3 is 1.36 bits per heavy atom. The molecule has 0 aliphatic carbocycles. The predicted octanol–water partition coefficient (Wildman–Crippen LogP) is 3.50. The number of hydrogen-bond acceptors (Lipinski definition) is 2. The standard InChI is InChI=1S/C10H22Cl2N2/c1-3-5-7-13(11)9-10-14(12)8-6-4-2/h3-10H2,1-2H3. The smallest absolute Gasteiger partial charge is 0.0280 e. The molecular formula is C10H22Cl2N2. The Bertz CT molecular complexity index is 109. The summed E-state index contributed by atoms with van der Waals surface area (Å²) in [5, 5.41) is 0. The highest BCUT2D eigenvalue weighted by atomic mass is 35.5. The van der Waals surface area contributed by atoms with Crippen molar-refractivity contribution in [3.05, 3.63) is 0 Å². The second-order valence-electron chi connectivity index (χ2n) is 3.53. The van der Waals surface area contributed by atoms with Crippen molar-refractivity contribution in [2.45, 2.75) is 39.5 Å². The molecule has 0 radical (unpaired) electrons. The third-order valence-electron chi connectivity index (χ3n) is 2.09. The highest BCUT2D eigenvalue weighted by molar-refractivity contribution is 6.14. The molecule has 0 amide bonds. The zero-order valence-electron chi connectivity index (χ0n) is 9.31. The Morgan fingerprint density at radius 1 is 0.714 bits per heavy atom. The monoisotopic (exact) mass is 240 g/mol. The summed E-state index contributed by atoms with van der Waals surface area (Å²) in [5.41, 5.74) is 0. The molecule has 86 valence electrons. The molecule has 0 rings (SSSR count). The second kappa shape index (κ2) is 10.0. The van der Waals surface area contributed by atoms with Crippen LogP contribution in [0.3, 0.4) is 0 Å². The molecule has 0 saturated heterocycles. The first-order valence-electron chi connectivity index (χ1n) is 5.52. The molecule has 0 N–H and O–H groups in total. The van der Waals surface area contributed by atoms with Crippen molar-refractivity contribution < 1.29 is 0 Å².